The average Bonchev–Trinajstić information content (AvgIpc) is 2.68. The number of benzene rings is 3. The average molecular weight is 472 g/mol. The smallest absolute Gasteiger partial charge is 0.322 e. The molecule has 0 aliphatic rings. The summed E-state index contributed by atoms with van der Waals surface area (Å²) in [4.78, 5) is 12.4. The van der Waals surface area contributed by atoms with Crippen LogP contribution in [0.25, 0.3) is 0 Å². The van der Waals surface area contributed by atoms with E-state index in [1.54, 1.807) is 37.3 Å². The van der Waals surface area contributed by atoms with Gasteiger partial charge in [-0.05, 0) is 72.5 Å². The van der Waals surface area contributed by atoms with E-state index in [4.69, 9.17) is 11.6 Å². The zero-order valence-electron chi connectivity index (χ0n) is 16.5. The van der Waals surface area contributed by atoms with Gasteiger partial charge in [0, 0.05) is 16.3 Å². The Morgan fingerprint density at radius 2 is 1.47 bits per heavy atom. The molecule has 0 saturated carbocycles. The van der Waals surface area contributed by atoms with Crippen molar-refractivity contribution in [3.05, 3.63) is 99.1 Å². The van der Waals surface area contributed by atoms with Crippen LogP contribution in [0.1, 0.15) is 38.2 Å². The van der Waals surface area contributed by atoms with Gasteiger partial charge >= 0.3 is 12.4 Å². The van der Waals surface area contributed by atoms with Crippen molar-refractivity contribution in [1.82, 2.24) is 0 Å². The summed E-state index contributed by atoms with van der Waals surface area (Å²) >= 11 is 5.88. The van der Waals surface area contributed by atoms with Gasteiger partial charge in [-0.1, -0.05) is 29.8 Å². The molecule has 32 heavy (non-hydrogen) atoms. The van der Waals surface area contributed by atoms with Gasteiger partial charge in [-0.3, -0.25) is 4.79 Å². The molecular weight excluding hydrogens is 456 g/mol. The molecule has 3 aromatic rings. The van der Waals surface area contributed by atoms with Crippen LogP contribution in [0.3, 0.4) is 0 Å². The topological polar surface area (TPSA) is 29.1 Å². The molecule has 1 N–H and O–H groups in total. The van der Waals surface area contributed by atoms with Gasteiger partial charge in [0.15, 0.2) is 0 Å². The molecule has 168 valence electrons. The third-order valence-electron chi connectivity index (χ3n) is 4.68. The number of carbonyl (C=O) groups excluding carboxylic acids is 1. The number of alkyl halides is 6. The summed E-state index contributed by atoms with van der Waals surface area (Å²) < 4.78 is 78.4. The number of rotatable bonds is 4. The Balaban J connectivity index is 1.85. The molecule has 0 bridgehead atoms. The van der Waals surface area contributed by atoms with Crippen LogP contribution >= 0.6 is 11.6 Å². The number of aryl methyl sites for hydroxylation is 1. The molecule has 0 aliphatic carbocycles. The Hall–Kier alpha value is -3.00. The molecule has 0 aromatic heterocycles. The maximum atomic E-state index is 13.1. The van der Waals surface area contributed by atoms with Gasteiger partial charge in [0.05, 0.1) is 11.1 Å². The summed E-state index contributed by atoms with van der Waals surface area (Å²) in [6.07, 6.45) is -9.95. The molecule has 9 heteroatoms. The first-order valence-electron chi connectivity index (χ1n) is 9.28. The van der Waals surface area contributed by atoms with E-state index in [2.05, 4.69) is 5.32 Å². The van der Waals surface area contributed by atoms with Gasteiger partial charge in [0.1, 0.15) is 0 Å². The Morgan fingerprint density at radius 3 is 2.00 bits per heavy atom. The van der Waals surface area contributed by atoms with Gasteiger partial charge in [0.25, 0.3) is 5.91 Å². The summed E-state index contributed by atoms with van der Waals surface area (Å²) in [6, 6.07) is 12.5. The number of nitrogens with one attached hydrogen (secondary N) is 1. The molecule has 0 saturated heterocycles. The summed E-state index contributed by atoms with van der Waals surface area (Å²) in [7, 11) is 0. The van der Waals surface area contributed by atoms with E-state index in [0.29, 0.717) is 39.5 Å². The lowest BCUT2D eigenvalue weighted by molar-refractivity contribution is -0.143. The highest BCUT2D eigenvalue weighted by Gasteiger charge is 2.36. The molecule has 0 heterocycles. The molecule has 0 unspecified atom stereocenters. The minimum absolute atomic E-state index is 0.100. The molecule has 0 fully saturated rings. The summed E-state index contributed by atoms with van der Waals surface area (Å²) in [5, 5.41) is 3.10. The quantitative estimate of drug-likeness (QED) is 0.391. The van der Waals surface area contributed by atoms with Crippen LogP contribution in [0.2, 0.25) is 5.02 Å². The highest BCUT2D eigenvalue weighted by atomic mass is 35.5. The zero-order chi connectivity index (χ0) is 23.7. The van der Waals surface area contributed by atoms with Crippen LogP contribution in [0.5, 0.6) is 0 Å². The molecule has 2 nitrogen and oxygen atoms in total. The first-order chi connectivity index (χ1) is 14.8. The second-order valence-corrected chi connectivity index (χ2v) is 7.64. The second kappa shape index (κ2) is 8.86. The first-order valence-corrected chi connectivity index (χ1v) is 9.65. The van der Waals surface area contributed by atoms with Crippen LogP contribution in [0.4, 0.5) is 32.0 Å². The fourth-order valence-electron chi connectivity index (χ4n) is 3.16. The highest BCUT2D eigenvalue weighted by molar-refractivity contribution is 6.31. The van der Waals surface area contributed by atoms with Crippen LogP contribution in [0.15, 0.2) is 60.7 Å². The van der Waals surface area contributed by atoms with E-state index >= 15 is 0 Å². The number of halogens is 7. The van der Waals surface area contributed by atoms with E-state index in [1.165, 1.54) is 12.1 Å². The second-order valence-electron chi connectivity index (χ2n) is 7.20. The molecule has 0 atom stereocenters. The predicted octanol–water partition coefficient (Wildman–Crippen LogP) is 7.53. The number of carbonyl (C=O) groups is 1. The largest absolute Gasteiger partial charge is 0.416 e. The van der Waals surface area contributed by atoms with Crippen molar-refractivity contribution < 1.29 is 31.1 Å². The summed E-state index contributed by atoms with van der Waals surface area (Å²) in [6.45, 7) is 1.67. The van der Waals surface area contributed by atoms with Gasteiger partial charge in [-0.15, -0.1) is 0 Å². The van der Waals surface area contributed by atoms with Crippen LogP contribution < -0.4 is 5.32 Å². The third kappa shape index (κ3) is 5.82. The van der Waals surface area contributed by atoms with Crippen molar-refractivity contribution in [3.63, 3.8) is 0 Å². The van der Waals surface area contributed by atoms with Crippen LogP contribution in [-0.4, -0.2) is 5.91 Å². The summed E-state index contributed by atoms with van der Waals surface area (Å²) in [5.41, 5.74) is -0.948. The lowest BCUT2D eigenvalue weighted by Gasteiger charge is -2.15. The monoisotopic (exact) mass is 471 g/mol. The molecular formula is C23H16ClF6NO. The van der Waals surface area contributed by atoms with Crippen molar-refractivity contribution in [1.29, 1.82) is 0 Å². The van der Waals surface area contributed by atoms with Gasteiger partial charge in [-0.25, -0.2) is 0 Å². The lowest BCUT2D eigenvalue weighted by atomic mass is 9.98. The standard InChI is InChI=1S/C23H16ClF6NO/c1-13-7-14(5-6-20(13)31-21(32)16-3-2-4-19(24)11-16)8-15-9-17(22(25,26)27)12-18(10-15)23(28,29)30/h2-7,9-12H,8H2,1H3,(H,31,32). The Bertz CT molecular complexity index is 1120. The normalized spacial score (nSPS) is 12.0. The van der Waals surface area contributed by atoms with Gasteiger partial charge in [0.2, 0.25) is 0 Å². The fourth-order valence-corrected chi connectivity index (χ4v) is 3.35. The number of hydrogen-bond acceptors (Lipinski definition) is 1. The zero-order valence-corrected chi connectivity index (χ0v) is 17.3. The molecule has 1 amide bonds. The molecule has 0 spiro atoms. The van der Waals surface area contributed by atoms with E-state index in [-0.39, 0.29) is 18.1 Å². The van der Waals surface area contributed by atoms with E-state index in [9.17, 15) is 31.1 Å². The number of anilines is 1. The maximum absolute atomic E-state index is 13.1. The lowest BCUT2D eigenvalue weighted by Crippen LogP contribution is -2.13. The number of amides is 1. The van der Waals surface area contributed by atoms with Crippen molar-refractivity contribution in [3.8, 4) is 0 Å². The van der Waals surface area contributed by atoms with Crippen LogP contribution in [0, 0.1) is 6.92 Å². The Labute approximate surface area is 184 Å². The minimum Gasteiger partial charge on any atom is -0.322 e. The molecule has 3 rings (SSSR count). The van der Waals surface area contributed by atoms with Gasteiger partial charge < -0.3 is 5.32 Å². The van der Waals surface area contributed by atoms with E-state index < -0.39 is 29.4 Å². The van der Waals surface area contributed by atoms with Gasteiger partial charge in [-0.2, -0.15) is 26.3 Å². The molecule has 3 aromatic carbocycles. The Kier molecular flexibility index (Phi) is 6.55. The highest BCUT2D eigenvalue weighted by Crippen LogP contribution is 2.36. The SMILES string of the molecule is Cc1cc(Cc2cc(C(F)(F)F)cc(C(F)(F)F)c2)ccc1NC(=O)c1cccc(Cl)c1. The Morgan fingerprint density at radius 1 is 0.844 bits per heavy atom. The van der Waals surface area contributed by atoms with Crippen molar-refractivity contribution in [2.45, 2.75) is 25.7 Å². The number of hydrogen-bond donors (Lipinski definition) is 1. The molecule has 0 radical (unpaired) electrons. The summed E-state index contributed by atoms with van der Waals surface area (Å²) in [5.74, 6) is -0.406. The predicted molar refractivity (Wildman–Crippen MR) is 110 cm³/mol. The van der Waals surface area contributed by atoms with Crippen molar-refractivity contribution in [2.75, 3.05) is 5.32 Å². The third-order valence-corrected chi connectivity index (χ3v) is 4.92. The molecule has 0 aliphatic heterocycles. The van der Waals surface area contributed by atoms with Crippen molar-refractivity contribution in [2.24, 2.45) is 0 Å². The van der Waals surface area contributed by atoms with Crippen molar-refractivity contribution >= 4 is 23.2 Å². The first kappa shape index (κ1) is 23.7. The van der Waals surface area contributed by atoms with Crippen LogP contribution in [-0.2, 0) is 18.8 Å². The minimum atomic E-state index is -4.90. The maximum Gasteiger partial charge on any atom is 0.416 e. The van der Waals surface area contributed by atoms with E-state index in [0.717, 1.165) is 0 Å². The fraction of sp³-hybridized carbons (Fsp3) is 0.174. The van der Waals surface area contributed by atoms with E-state index in [1.807, 2.05) is 0 Å².